The first-order valence-electron chi connectivity index (χ1n) is 9.29. The highest BCUT2D eigenvalue weighted by Gasteiger charge is 2.46. The molecule has 0 saturated heterocycles. The zero-order chi connectivity index (χ0) is 22.7. The first-order valence-corrected chi connectivity index (χ1v) is 10.1. The van der Waals surface area contributed by atoms with E-state index in [1.54, 1.807) is 24.3 Å². The lowest BCUT2D eigenvalue weighted by Gasteiger charge is -2.20. The molecule has 0 saturated carbocycles. The average Bonchev–Trinajstić information content (AvgIpc) is 3.21. The number of ether oxygens (including phenoxy) is 2. The number of halogens is 3. The van der Waals surface area contributed by atoms with Gasteiger partial charge in [0, 0.05) is 0 Å². The molecule has 4 rings (SSSR count). The predicted molar refractivity (Wildman–Crippen MR) is 115 cm³/mol. The molecule has 0 radical (unpaired) electrons. The van der Waals surface area contributed by atoms with Gasteiger partial charge in [-0.3, -0.25) is 10.2 Å². The van der Waals surface area contributed by atoms with Crippen LogP contribution in [-0.2, 0) is 4.79 Å². The number of aliphatic imine (C=N–C) groups is 1. The van der Waals surface area contributed by atoms with Gasteiger partial charge in [-0.25, -0.2) is 0 Å². The van der Waals surface area contributed by atoms with E-state index in [0.29, 0.717) is 29.5 Å². The Bertz CT molecular complexity index is 1130. The minimum absolute atomic E-state index is 0.161. The number of carbonyl (C=O) groups is 1. The average molecular weight is 460 g/mol. The third kappa shape index (κ3) is 4.83. The van der Waals surface area contributed by atoms with Gasteiger partial charge in [0.1, 0.15) is 24.7 Å². The lowest BCUT2D eigenvalue weighted by Crippen LogP contribution is -2.35. The summed E-state index contributed by atoms with van der Waals surface area (Å²) in [6.07, 6.45) is -3.31. The van der Waals surface area contributed by atoms with E-state index in [0.717, 1.165) is 5.75 Å². The Balaban J connectivity index is 1.39. The Morgan fingerprint density at radius 1 is 1.00 bits per heavy atom. The molecular weight excluding hydrogens is 445 g/mol. The number of carbonyl (C=O) groups excluding carboxylic acids is 1. The summed E-state index contributed by atoms with van der Waals surface area (Å²) in [7, 11) is 0. The number of alkyl halides is 3. The van der Waals surface area contributed by atoms with Crippen LogP contribution in [0.4, 0.5) is 13.2 Å². The maximum atomic E-state index is 12.9. The molecule has 0 fully saturated rings. The third-order valence-electron chi connectivity index (χ3n) is 4.25. The van der Waals surface area contributed by atoms with Crippen molar-refractivity contribution in [3.63, 3.8) is 0 Å². The lowest BCUT2D eigenvalue weighted by molar-refractivity contribution is -0.114. The molecule has 0 aromatic heterocycles. The molecule has 0 atom stereocenters. The first-order chi connectivity index (χ1) is 15.3. The van der Waals surface area contributed by atoms with Crippen LogP contribution in [0, 0.1) is 5.41 Å². The molecule has 0 unspecified atom stereocenters. The van der Waals surface area contributed by atoms with Crippen molar-refractivity contribution in [3.05, 3.63) is 65.7 Å². The van der Waals surface area contributed by atoms with Crippen molar-refractivity contribution in [2.75, 3.05) is 13.2 Å². The number of amidine groups is 2. The van der Waals surface area contributed by atoms with Crippen molar-refractivity contribution in [2.45, 2.75) is 6.18 Å². The Kier molecular flexibility index (Phi) is 5.99. The minimum Gasteiger partial charge on any atom is -0.490 e. The highest BCUT2D eigenvalue weighted by atomic mass is 32.2. The molecule has 2 aliphatic heterocycles. The number of nitrogens with one attached hydrogen (secondary N) is 1. The second-order valence-corrected chi connectivity index (χ2v) is 7.46. The van der Waals surface area contributed by atoms with E-state index >= 15 is 0 Å². The fourth-order valence-corrected chi connectivity index (χ4v) is 3.53. The van der Waals surface area contributed by atoms with E-state index in [1.807, 2.05) is 30.3 Å². The van der Waals surface area contributed by atoms with Gasteiger partial charge < -0.3 is 9.47 Å². The van der Waals surface area contributed by atoms with Crippen LogP contribution < -0.4 is 9.47 Å². The van der Waals surface area contributed by atoms with Gasteiger partial charge in [0.25, 0.3) is 5.91 Å². The lowest BCUT2D eigenvalue weighted by atomic mass is 10.1. The fourth-order valence-electron chi connectivity index (χ4n) is 2.77. The van der Waals surface area contributed by atoms with Crippen LogP contribution in [-0.4, -0.2) is 46.4 Å². The Morgan fingerprint density at radius 2 is 1.62 bits per heavy atom. The van der Waals surface area contributed by atoms with E-state index in [9.17, 15) is 18.0 Å². The van der Waals surface area contributed by atoms with Crippen molar-refractivity contribution in [1.29, 1.82) is 5.41 Å². The topological polar surface area (TPSA) is 87.3 Å². The van der Waals surface area contributed by atoms with Crippen molar-refractivity contribution in [2.24, 2.45) is 10.1 Å². The third-order valence-corrected chi connectivity index (χ3v) is 5.21. The van der Waals surface area contributed by atoms with E-state index in [2.05, 4.69) is 10.1 Å². The summed E-state index contributed by atoms with van der Waals surface area (Å²) in [6.45, 7) is 0.679. The number of amides is 1. The summed E-state index contributed by atoms with van der Waals surface area (Å²) in [5, 5.41) is 10.7. The van der Waals surface area contributed by atoms with Gasteiger partial charge in [-0.05, 0) is 47.7 Å². The number of rotatable bonds is 6. The molecule has 0 aliphatic carbocycles. The molecule has 32 heavy (non-hydrogen) atoms. The molecule has 0 bridgehead atoms. The maximum absolute atomic E-state index is 12.9. The number of para-hydroxylation sites is 1. The zero-order valence-corrected chi connectivity index (χ0v) is 17.1. The van der Waals surface area contributed by atoms with Gasteiger partial charge in [0.05, 0.1) is 5.57 Å². The van der Waals surface area contributed by atoms with Crippen LogP contribution in [0.15, 0.2) is 70.3 Å². The molecule has 0 spiro atoms. The number of thioether (sulfide) groups is 1. The summed E-state index contributed by atoms with van der Waals surface area (Å²) < 4.78 is 49.8. The smallest absolute Gasteiger partial charge is 0.441 e. The van der Waals surface area contributed by atoms with Crippen molar-refractivity contribution in [1.82, 2.24) is 5.01 Å². The molecule has 7 nitrogen and oxygen atoms in total. The molecule has 2 aromatic carbocycles. The quantitative estimate of drug-likeness (QED) is 0.512. The highest BCUT2D eigenvalue weighted by Crippen LogP contribution is 2.35. The molecule has 11 heteroatoms. The van der Waals surface area contributed by atoms with Crippen LogP contribution in [0.25, 0.3) is 6.08 Å². The van der Waals surface area contributed by atoms with Gasteiger partial charge in [-0.2, -0.15) is 28.3 Å². The SMILES string of the molecule is N=C1/C(=C/c2ccc(OCCOc3ccccc3)cc2)C(=O)N=C2SC(C(F)(F)F)=NN12. The summed E-state index contributed by atoms with van der Waals surface area (Å²) in [5.74, 6) is 0.0482. The van der Waals surface area contributed by atoms with Crippen LogP contribution in [0.5, 0.6) is 11.5 Å². The molecule has 2 heterocycles. The molecule has 164 valence electrons. The first kappa shape index (κ1) is 21.6. The van der Waals surface area contributed by atoms with Gasteiger partial charge in [-0.1, -0.05) is 30.3 Å². The summed E-state index contributed by atoms with van der Waals surface area (Å²) in [6, 6.07) is 16.0. The van der Waals surface area contributed by atoms with Gasteiger partial charge in [0.15, 0.2) is 5.84 Å². The Hall–Kier alpha value is -3.60. The van der Waals surface area contributed by atoms with Crippen molar-refractivity contribution < 1.29 is 27.4 Å². The monoisotopic (exact) mass is 460 g/mol. The standard InChI is InChI=1S/C21H15F3N4O3S/c22-21(23,24)19-27-28-17(25)16(18(29)26-20(28)32-19)12-13-6-8-15(9-7-13)31-11-10-30-14-4-2-1-3-5-14/h1-9,12,25H,10-11H2/b16-12-,25-17?. The van der Waals surface area contributed by atoms with E-state index in [-0.39, 0.29) is 22.5 Å². The van der Waals surface area contributed by atoms with Gasteiger partial charge in [-0.15, -0.1) is 0 Å². The van der Waals surface area contributed by atoms with Crippen LogP contribution >= 0.6 is 11.8 Å². The largest absolute Gasteiger partial charge is 0.490 e. The van der Waals surface area contributed by atoms with E-state index < -0.39 is 23.0 Å². The number of hydrogen-bond acceptors (Lipinski definition) is 6. The van der Waals surface area contributed by atoms with Gasteiger partial charge in [0.2, 0.25) is 10.2 Å². The number of hydrogen-bond donors (Lipinski definition) is 1. The van der Waals surface area contributed by atoms with Crippen LogP contribution in [0.1, 0.15) is 5.56 Å². The van der Waals surface area contributed by atoms with Crippen LogP contribution in [0.3, 0.4) is 0 Å². The molecule has 2 aliphatic rings. The normalized spacial score (nSPS) is 17.2. The summed E-state index contributed by atoms with van der Waals surface area (Å²) >= 11 is 0.213. The minimum atomic E-state index is -4.68. The number of hydrazone groups is 1. The summed E-state index contributed by atoms with van der Waals surface area (Å²) in [5.41, 5.74) is 0.392. The maximum Gasteiger partial charge on any atom is 0.441 e. The second kappa shape index (κ2) is 8.87. The highest BCUT2D eigenvalue weighted by molar-refractivity contribution is 8.27. The Morgan fingerprint density at radius 3 is 2.25 bits per heavy atom. The zero-order valence-electron chi connectivity index (χ0n) is 16.3. The van der Waals surface area contributed by atoms with E-state index in [4.69, 9.17) is 14.9 Å². The summed E-state index contributed by atoms with van der Waals surface area (Å²) in [4.78, 5) is 15.9. The number of fused-ring (bicyclic) bond motifs is 1. The van der Waals surface area contributed by atoms with Gasteiger partial charge >= 0.3 is 6.18 Å². The van der Waals surface area contributed by atoms with Crippen molar-refractivity contribution in [3.8, 4) is 11.5 Å². The van der Waals surface area contributed by atoms with Crippen LogP contribution in [0.2, 0.25) is 0 Å². The fraction of sp³-hybridized carbons (Fsp3) is 0.143. The molecule has 1 amide bonds. The molecular formula is C21H15F3N4O3S. The van der Waals surface area contributed by atoms with E-state index in [1.165, 1.54) is 6.08 Å². The Labute approximate surface area is 184 Å². The second-order valence-electron chi connectivity index (χ2n) is 6.50. The number of nitrogens with zero attached hydrogens (tertiary/aromatic N) is 3. The van der Waals surface area contributed by atoms with Crippen molar-refractivity contribution >= 4 is 39.8 Å². The molecule has 2 aromatic rings. The number of benzene rings is 2. The predicted octanol–water partition coefficient (Wildman–Crippen LogP) is 4.33. The molecule has 1 N–H and O–H groups in total.